The van der Waals surface area contributed by atoms with Crippen molar-refractivity contribution in [2.45, 2.75) is 12.5 Å². The van der Waals surface area contributed by atoms with Gasteiger partial charge in [-0.05, 0) is 24.1 Å². The van der Waals surface area contributed by atoms with Gasteiger partial charge in [0.25, 0.3) is 0 Å². The molecule has 0 saturated carbocycles. The number of methoxy groups -OCH3 is 1. The minimum absolute atomic E-state index is 0.285. The fraction of sp³-hybridized carbons (Fsp3) is 0.273. The van der Waals surface area contributed by atoms with Gasteiger partial charge in [-0.3, -0.25) is 4.79 Å². The molecule has 0 radical (unpaired) electrons. The van der Waals surface area contributed by atoms with Crippen molar-refractivity contribution >= 4 is 29.5 Å². The van der Waals surface area contributed by atoms with E-state index < -0.39 is 12.0 Å². The second-order valence-electron chi connectivity index (χ2n) is 3.56. The molecule has 1 aromatic carbocycles. The highest BCUT2D eigenvalue weighted by Gasteiger charge is 2.15. The first-order valence-corrected chi connectivity index (χ1v) is 5.29. The zero-order valence-electron chi connectivity index (χ0n) is 9.37. The quantitative estimate of drug-likeness (QED) is 0.424. The van der Waals surface area contributed by atoms with Crippen molar-refractivity contribution in [2.75, 3.05) is 12.8 Å². The van der Waals surface area contributed by atoms with Crippen LogP contribution in [-0.4, -0.2) is 25.3 Å². The molecule has 0 aliphatic carbocycles. The second-order valence-corrected chi connectivity index (χ2v) is 3.97. The Bertz CT molecular complexity index is 449. The molecule has 0 aliphatic heterocycles. The fourth-order valence-corrected chi connectivity index (χ4v) is 1.67. The van der Waals surface area contributed by atoms with E-state index in [0.29, 0.717) is 16.3 Å². The topological polar surface area (TPSA) is 102 Å². The predicted molar refractivity (Wildman–Crippen MR) is 67.4 cm³/mol. The van der Waals surface area contributed by atoms with E-state index >= 15 is 0 Å². The van der Waals surface area contributed by atoms with Crippen LogP contribution >= 0.6 is 11.6 Å². The first-order valence-electron chi connectivity index (χ1n) is 4.91. The number of nitrogens with two attached hydrogens (primary N) is 2. The number of carbonyl (C=O) groups excluding carboxylic acids is 1. The predicted octanol–water partition coefficient (Wildman–Crippen LogP) is 0.963. The first kappa shape index (κ1) is 13.5. The van der Waals surface area contributed by atoms with Crippen LogP contribution in [0, 0.1) is 5.41 Å². The van der Waals surface area contributed by atoms with Gasteiger partial charge in [0.2, 0.25) is 0 Å². The summed E-state index contributed by atoms with van der Waals surface area (Å²) in [5, 5.41) is 7.54. The van der Waals surface area contributed by atoms with Gasteiger partial charge in [0.15, 0.2) is 0 Å². The molecule has 0 amide bonds. The number of hydrogen-bond donors (Lipinski definition) is 3. The highest BCUT2D eigenvalue weighted by Crippen LogP contribution is 2.24. The molecule has 5 N–H and O–H groups in total. The third-order valence-corrected chi connectivity index (χ3v) is 2.65. The van der Waals surface area contributed by atoms with Crippen LogP contribution in [0.3, 0.4) is 0 Å². The van der Waals surface area contributed by atoms with Crippen molar-refractivity contribution in [3.8, 4) is 0 Å². The number of nitrogens with one attached hydrogen (secondary N) is 1. The number of carbonyl (C=O) groups is 1. The zero-order chi connectivity index (χ0) is 13.0. The smallest absolute Gasteiger partial charge is 0.322 e. The van der Waals surface area contributed by atoms with Gasteiger partial charge in [-0.15, -0.1) is 0 Å². The summed E-state index contributed by atoms with van der Waals surface area (Å²) in [4.78, 5) is 11.2. The lowest BCUT2D eigenvalue weighted by atomic mass is 10.0. The van der Waals surface area contributed by atoms with Gasteiger partial charge in [-0.1, -0.05) is 11.6 Å². The molecule has 0 saturated heterocycles. The molecule has 0 aromatic heterocycles. The molecule has 0 bridgehead atoms. The van der Waals surface area contributed by atoms with E-state index in [4.69, 9.17) is 28.5 Å². The molecular formula is C11H14ClN3O2. The van der Waals surface area contributed by atoms with E-state index in [1.54, 1.807) is 12.1 Å². The number of anilines is 1. The molecule has 0 heterocycles. The van der Waals surface area contributed by atoms with Gasteiger partial charge in [-0.2, -0.15) is 0 Å². The molecule has 6 heteroatoms. The Morgan fingerprint density at radius 1 is 1.65 bits per heavy atom. The summed E-state index contributed by atoms with van der Waals surface area (Å²) in [6, 6.07) is 2.56. The summed E-state index contributed by atoms with van der Waals surface area (Å²) in [6.45, 7) is 0. The molecule has 92 valence electrons. The van der Waals surface area contributed by atoms with E-state index in [9.17, 15) is 4.79 Å². The molecule has 1 aromatic rings. The molecule has 17 heavy (non-hydrogen) atoms. The Kier molecular flexibility index (Phi) is 4.48. The average molecular weight is 256 g/mol. The first-order chi connectivity index (χ1) is 7.99. The average Bonchev–Trinajstić information content (AvgIpc) is 2.32. The molecule has 0 fully saturated rings. The number of rotatable bonds is 4. The van der Waals surface area contributed by atoms with Crippen molar-refractivity contribution in [3.05, 3.63) is 28.3 Å². The van der Waals surface area contributed by atoms with Gasteiger partial charge in [-0.25, -0.2) is 0 Å². The lowest BCUT2D eigenvalue weighted by molar-refractivity contribution is -0.142. The zero-order valence-corrected chi connectivity index (χ0v) is 10.1. The molecule has 0 aliphatic rings. The highest BCUT2D eigenvalue weighted by atomic mass is 35.5. The Morgan fingerprint density at radius 3 is 2.82 bits per heavy atom. The van der Waals surface area contributed by atoms with Gasteiger partial charge >= 0.3 is 5.97 Å². The number of benzene rings is 1. The number of halogens is 1. The van der Waals surface area contributed by atoms with Crippen molar-refractivity contribution < 1.29 is 9.53 Å². The molecule has 1 atom stereocenters. The van der Waals surface area contributed by atoms with Crippen molar-refractivity contribution in [3.63, 3.8) is 0 Å². The summed E-state index contributed by atoms with van der Waals surface area (Å²) in [6.07, 6.45) is 1.39. The number of ether oxygens (including phenoxy) is 1. The SMILES string of the molecule is COC(=O)C(N)Cc1cc(Cl)c(N)c(C=N)c1. The van der Waals surface area contributed by atoms with E-state index in [1.165, 1.54) is 7.11 Å². The van der Waals surface area contributed by atoms with Crippen molar-refractivity contribution in [1.29, 1.82) is 5.41 Å². The number of nitrogen functional groups attached to an aromatic ring is 1. The van der Waals surface area contributed by atoms with Gasteiger partial charge in [0.05, 0.1) is 17.8 Å². The van der Waals surface area contributed by atoms with Crippen LogP contribution < -0.4 is 11.5 Å². The second kappa shape index (κ2) is 5.65. The van der Waals surface area contributed by atoms with Crippen LogP contribution in [0.4, 0.5) is 5.69 Å². The van der Waals surface area contributed by atoms with Crippen LogP contribution in [0.15, 0.2) is 12.1 Å². The van der Waals surface area contributed by atoms with Crippen LogP contribution in [0.5, 0.6) is 0 Å². The van der Waals surface area contributed by atoms with Crippen LogP contribution in [-0.2, 0) is 16.0 Å². The standard InChI is InChI=1S/C11H14ClN3O2/c1-17-11(16)9(14)4-6-2-7(5-13)10(15)8(12)3-6/h2-3,5,9,13H,4,14-15H2,1H3. The van der Waals surface area contributed by atoms with E-state index in [-0.39, 0.29) is 6.42 Å². The van der Waals surface area contributed by atoms with E-state index in [1.807, 2.05) is 0 Å². The Labute approximate surface area is 104 Å². The molecule has 0 spiro atoms. The van der Waals surface area contributed by atoms with E-state index in [0.717, 1.165) is 11.8 Å². The molecule has 5 nitrogen and oxygen atoms in total. The number of hydrogen-bond acceptors (Lipinski definition) is 5. The van der Waals surface area contributed by atoms with Crippen LogP contribution in [0.2, 0.25) is 5.02 Å². The lowest BCUT2D eigenvalue weighted by Crippen LogP contribution is -2.33. The summed E-state index contributed by atoms with van der Waals surface area (Å²) >= 11 is 5.91. The van der Waals surface area contributed by atoms with Crippen molar-refractivity contribution in [1.82, 2.24) is 0 Å². The Morgan fingerprint density at radius 2 is 2.29 bits per heavy atom. The molecular weight excluding hydrogens is 242 g/mol. The maximum absolute atomic E-state index is 11.2. The van der Waals surface area contributed by atoms with Crippen LogP contribution in [0.25, 0.3) is 0 Å². The van der Waals surface area contributed by atoms with Gasteiger partial charge in [0, 0.05) is 11.8 Å². The van der Waals surface area contributed by atoms with Crippen LogP contribution in [0.1, 0.15) is 11.1 Å². The summed E-state index contributed by atoms with van der Waals surface area (Å²) in [5.41, 5.74) is 12.9. The van der Waals surface area contributed by atoms with Gasteiger partial charge in [0.1, 0.15) is 6.04 Å². The highest BCUT2D eigenvalue weighted by molar-refractivity contribution is 6.33. The largest absolute Gasteiger partial charge is 0.468 e. The lowest BCUT2D eigenvalue weighted by Gasteiger charge is -2.11. The number of esters is 1. The summed E-state index contributed by atoms with van der Waals surface area (Å²) in [7, 11) is 1.28. The minimum Gasteiger partial charge on any atom is -0.468 e. The van der Waals surface area contributed by atoms with Gasteiger partial charge < -0.3 is 21.6 Å². The monoisotopic (exact) mass is 255 g/mol. The molecule has 1 rings (SSSR count). The normalized spacial score (nSPS) is 11.9. The summed E-state index contributed by atoms with van der Waals surface area (Å²) < 4.78 is 4.53. The molecule has 1 unspecified atom stereocenters. The summed E-state index contributed by atoms with van der Waals surface area (Å²) in [5.74, 6) is -0.491. The van der Waals surface area contributed by atoms with Crippen molar-refractivity contribution in [2.24, 2.45) is 5.73 Å². The Hall–Kier alpha value is -1.59. The van der Waals surface area contributed by atoms with E-state index in [2.05, 4.69) is 4.74 Å². The maximum atomic E-state index is 11.2. The maximum Gasteiger partial charge on any atom is 0.322 e. The fourth-order valence-electron chi connectivity index (χ4n) is 1.42. The minimum atomic E-state index is -0.752. The Balaban J connectivity index is 2.96. The third kappa shape index (κ3) is 3.18. The third-order valence-electron chi connectivity index (χ3n) is 2.34.